The predicted octanol–water partition coefficient (Wildman–Crippen LogP) is 3.30. The van der Waals surface area contributed by atoms with E-state index in [2.05, 4.69) is 21.2 Å². The molecule has 0 fully saturated rings. The number of hydrogen-bond acceptors (Lipinski definition) is 2. The van der Waals surface area contributed by atoms with Crippen molar-refractivity contribution in [2.45, 2.75) is 19.3 Å². The van der Waals surface area contributed by atoms with E-state index in [1.807, 2.05) is 0 Å². The summed E-state index contributed by atoms with van der Waals surface area (Å²) >= 11 is 3.01. The summed E-state index contributed by atoms with van der Waals surface area (Å²) in [4.78, 5) is 0. The third-order valence-electron chi connectivity index (χ3n) is 2.14. The van der Waals surface area contributed by atoms with Gasteiger partial charge in [-0.3, -0.25) is 0 Å². The molecule has 0 heterocycles. The van der Waals surface area contributed by atoms with Crippen LogP contribution in [0.5, 0.6) is 0 Å². The molecule has 2 nitrogen and oxygen atoms in total. The van der Waals surface area contributed by atoms with E-state index in [9.17, 15) is 8.78 Å². The van der Waals surface area contributed by atoms with Gasteiger partial charge < -0.3 is 10.4 Å². The lowest BCUT2D eigenvalue weighted by molar-refractivity contribution is 0.283. The Labute approximate surface area is 102 Å². The van der Waals surface area contributed by atoms with Crippen LogP contribution in [0.1, 0.15) is 19.3 Å². The average Bonchev–Trinajstić information content (AvgIpc) is 2.20. The number of anilines is 1. The van der Waals surface area contributed by atoms with Crippen molar-refractivity contribution in [3.05, 3.63) is 28.2 Å². The maximum Gasteiger partial charge on any atom is 0.150 e. The molecule has 0 unspecified atom stereocenters. The van der Waals surface area contributed by atoms with Gasteiger partial charge in [-0.05, 0) is 31.4 Å². The molecule has 1 rings (SSSR count). The summed E-state index contributed by atoms with van der Waals surface area (Å²) in [6, 6.07) is 2.44. The van der Waals surface area contributed by atoms with Crippen LogP contribution in [0.4, 0.5) is 14.5 Å². The Bertz CT molecular complexity index is 324. The summed E-state index contributed by atoms with van der Waals surface area (Å²) in [5.74, 6) is -1.21. The Balaban J connectivity index is 2.47. The highest BCUT2D eigenvalue weighted by Crippen LogP contribution is 2.23. The maximum atomic E-state index is 13.3. The summed E-state index contributed by atoms with van der Waals surface area (Å²) in [7, 11) is 0. The maximum absolute atomic E-state index is 13.3. The smallest absolute Gasteiger partial charge is 0.150 e. The molecular weight excluding hydrogens is 280 g/mol. The number of aliphatic hydroxyl groups excluding tert-OH is 1. The van der Waals surface area contributed by atoms with Crippen LogP contribution < -0.4 is 5.32 Å². The molecule has 0 saturated carbocycles. The molecule has 0 aliphatic carbocycles. The molecule has 0 atom stereocenters. The van der Waals surface area contributed by atoms with Crippen molar-refractivity contribution in [2.24, 2.45) is 0 Å². The number of nitrogens with one attached hydrogen (secondary N) is 1. The van der Waals surface area contributed by atoms with Crippen molar-refractivity contribution in [1.82, 2.24) is 0 Å². The third kappa shape index (κ3) is 4.06. The molecule has 0 saturated heterocycles. The van der Waals surface area contributed by atoms with Gasteiger partial charge in [-0.2, -0.15) is 0 Å². The van der Waals surface area contributed by atoms with E-state index in [-0.39, 0.29) is 12.3 Å². The second kappa shape index (κ2) is 6.81. The van der Waals surface area contributed by atoms with Crippen LogP contribution in [-0.2, 0) is 0 Å². The molecule has 0 spiro atoms. The van der Waals surface area contributed by atoms with Gasteiger partial charge in [0.2, 0.25) is 0 Å². The molecule has 1 aromatic carbocycles. The van der Waals surface area contributed by atoms with Crippen LogP contribution in [0.2, 0.25) is 0 Å². The summed E-state index contributed by atoms with van der Waals surface area (Å²) in [5, 5.41) is 11.3. The second-order valence-electron chi connectivity index (χ2n) is 3.46. The van der Waals surface area contributed by atoms with Crippen LogP contribution >= 0.6 is 15.9 Å². The highest BCUT2D eigenvalue weighted by atomic mass is 79.9. The van der Waals surface area contributed by atoms with E-state index in [1.165, 1.54) is 12.1 Å². The molecule has 0 aromatic heterocycles. The van der Waals surface area contributed by atoms with Crippen molar-refractivity contribution in [3.63, 3.8) is 0 Å². The summed E-state index contributed by atoms with van der Waals surface area (Å²) < 4.78 is 27.0. The Morgan fingerprint density at radius 1 is 1.12 bits per heavy atom. The first-order valence-corrected chi connectivity index (χ1v) is 5.93. The van der Waals surface area contributed by atoms with Gasteiger partial charge in [0.15, 0.2) is 0 Å². The van der Waals surface area contributed by atoms with E-state index >= 15 is 0 Å². The van der Waals surface area contributed by atoms with Crippen molar-refractivity contribution in [1.29, 1.82) is 0 Å². The first-order valence-electron chi connectivity index (χ1n) is 5.14. The van der Waals surface area contributed by atoms with E-state index in [0.29, 0.717) is 17.4 Å². The van der Waals surface area contributed by atoms with Gasteiger partial charge >= 0.3 is 0 Å². The van der Waals surface area contributed by atoms with Crippen molar-refractivity contribution >= 4 is 21.6 Å². The molecule has 0 aliphatic heterocycles. The van der Waals surface area contributed by atoms with Gasteiger partial charge in [0, 0.05) is 17.6 Å². The fourth-order valence-electron chi connectivity index (χ4n) is 1.34. The lowest BCUT2D eigenvalue weighted by atomic mass is 10.2. The standard InChI is InChI=1S/C11H14BrF2NO/c12-8-6-9(13)11(10(14)7-8)15-4-2-1-3-5-16/h6-7,15-16H,1-5H2. The SMILES string of the molecule is OCCCCCNc1c(F)cc(Br)cc1F. The molecule has 16 heavy (non-hydrogen) atoms. The van der Waals surface area contributed by atoms with Crippen LogP contribution in [-0.4, -0.2) is 18.3 Å². The number of benzene rings is 1. The summed E-state index contributed by atoms with van der Waals surface area (Å²) in [5.41, 5.74) is -0.0906. The Morgan fingerprint density at radius 3 is 2.31 bits per heavy atom. The van der Waals surface area contributed by atoms with Gasteiger partial charge in [0.05, 0.1) is 0 Å². The van der Waals surface area contributed by atoms with Gasteiger partial charge in [-0.1, -0.05) is 15.9 Å². The lowest BCUT2D eigenvalue weighted by Crippen LogP contribution is -2.06. The molecule has 0 aliphatic rings. The minimum absolute atomic E-state index is 0.0906. The van der Waals surface area contributed by atoms with E-state index < -0.39 is 11.6 Å². The zero-order chi connectivity index (χ0) is 12.0. The summed E-state index contributed by atoms with van der Waals surface area (Å²) in [6.07, 6.45) is 2.33. The molecule has 0 bridgehead atoms. The molecule has 0 radical (unpaired) electrons. The molecule has 90 valence electrons. The largest absolute Gasteiger partial charge is 0.396 e. The number of aliphatic hydroxyl groups is 1. The third-order valence-corrected chi connectivity index (χ3v) is 2.60. The lowest BCUT2D eigenvalue weighted by Gasteiger charge is -2.08. The van der Waals surface area contributed by atoms with Crippen molar-refractivity contribution < 1.29 is 13.9 Å². The van der Waals surface area contributed by atoms with Gasteiger partial charge in [-0.15, -0.1) is 0 Å². The Hall–Kier alpha value is -0.680. The normalized spacial score (nSPS) is 10.5. The summed E-state index contributed by atoms with van der Waals surface area (Å²) in [6.45, 7) is 0.649. The highest BCUT2D eigenvalue weighted by Gasteiger charge is 2.09. The number of unbranched alkanes of at least 4 members (excludes halogenated alkanes) is 2. The minimum atomic E-state index is -0.603. The zero-order valence-electron chi connectivity index (χ0n) is 8.77. The minimum Gasteiger partial charge on any atom is -0.396 e. The fourth-order valence-corrected chi connectivity index (χ4v) is 1.74. The first-order chi connectivity index (χ1) is 7.65. The van der Waals surface area contributed by atoms with Gasteiger partial charge in [0.1, 0.15) is 17.3 Å². The van der Waals surface area contributed by atoms with E-state index in [4.69, 9.17) is 5.11 Å². The van der Waals surface area contributed by atoms with Crippen molar-refractivity contribution in [2.75, 3.05) is 18.5 Å². The van der Waals surface area contributed by atoms with Crippen LogP contribution in [0.15, 0.2) is 16.6 Å². The zero-order valence-corrected chi connectivity index (χ0v) is 10.4. The van der Waals surface area contributed by atoms with E-state index in [0.717, 1.165) is 12.8 Å². The Morgan fingerprint density at radius 2 is 1.75 bits per heavy atom. The second-order valence-corrected chi connectivity index (χ2v) is 4.37. The van der Waals surface area contributed by atoms with E-state index in [1.54, 1.807) is 0 Å². The average molecular weight is 294 g/mol. The van der Waals surface area contributed by atoms with Crippen LogP contribution in [0.25, 0.3) is 0 Å². The molecular formula is C11H14BrF2NO. The Kier molecular flexibility index (Phi) is 5.69. The first kappa shape index (κ1) is 13.4. The molecule has 5 heteroatoms. The van der Waals surface area contributed by atoms with Crippen molar-refractivity contribution in [3.8, 4) is 0 Å². The number of hydrogen-bond donors (Lipinski definition) is 2. The van der Waals surface area contributed by atoms with Crippen LogP contribution in [0.3, 0.4) is 0 Å². The van der Waals surface area contributed by atoms with Gasteiger partial charge in [0.25, 0.3) is 0 Å². The van der Waals surface area contributed by atoms with Crippen LogP contribution in [0, 0.1) is 11.6 Å². The highest BCUT2D eigenvalue weighted by molar-refractivity contribution is 9.10. The topological polar surface area (TPSA) is 32.3 Å². The monoisotopic (exact) mass is 293 g/mol. The fraction of sp³-hybridized carbons (Fsp3) is 0.455. The predicted molar refractivity (Wildman–Crippen MR) is 63.5 cm³/mol. The number of rotatable bonds is 6. The quantitative estimate of drug-likeness (QED) is 0.789. The van der Waals surface area contributed by atoms with Gasteiger partial charge in [-0.25, -0.2) is 8.78 Å². The molecule has 1 aromatic rings. The molecule has 2 N–H and O–H groups in total. The molecule has 0 amide bonds. The number of halogens is 3.